The predicted octanol–water partition coefficient (Wildman–Crippen LogP) is 2.33. The molecule has 0 aliphatic heterocycles. The van der Waals surface area contributed by atoms with Crippen LogP contribution >= 0.6 is 11.6 Å². The number of aliphatic hydroxyl groups is 1. The van der Waals surface area contributed by atoms with Gasteiger partial charge in [0.25, 0.3) is 0 Å². The van der Waals surface area contributed by atoms with Crippen molar-refractivity contribution in [1.29, 1.82) is 0 Å². The average molecular weight is 163 g/mol. The third-order valence-corrected chi connectivity index (χ3v) is 1.59. The van der Waals surface area contributed by atoms with Gasteiger partial charge in [-0.2, -0.15) is 0 Å². The maximum Gasteiger partial charge on any atom is 0.0678 e. The first-order valence-electron chi connectivity index (χ1n) is 3.54. The topological polar surface area (TPSA) is 20.2 Å². The lowest BCUT2D eigenvalue weighted by atomic mass is 10.2. The highest BCUT2D eigenvalue weighted by Gasteiger charge is 1.98. The van der Waals surface area contributed by atoms with E-state index < -0.39 is 0 Å². The molecule has 0 aliphatic rings. The molecule has 2 heteroatoms. The van der Waals surface area contributed by atoms with Gasteiger partial charge in [-0.15, -0.1) is 11.6 Å². The van der Waals surface area contributed by atoms with Crippen LogP contribution in [0.15, 0.2) is 11.6 Å². The van der Waals surface area contributed by atoms with Crippen molar-refractivity contribution in [3.8, 4) is 0 Å². The van der Waals surface area contributed by atoms with Gasteiger partial charge >= 0.3 is 0 Å². The first-order chi connectivity index (χ1) is 4.66. The summed E-state index contributed by atoms with van der Waals surface area (Å²) in [5, 5.41) is 9.01. The van der Waals surface area contributed by atoms with Gasteiger partial charge in [0.15, 0.2) is 0 Å². The summed E-state index contributed by atoms with van der Waals surface area (Å²) in [5.74, 6) is 0.344. The van der Waals surface area contributed by atoms with E-state index in [4.69, 9.17) is 16.7 Å². The first-order valence-corrected chi connectivity index (χ1v) is 4.07. The minimum Gasteiger partial charge on any atom is -0.392 e. The number of rotatable bonds is 4. The summed E-state index contributed by atoms with van der Waals surface area (Å²) in [4.78, 5) is 0. The zero-order chi connectivity index (χ0) is 7.98. The van der Waals surface area contributed by atoms with E-state index in [0.29, 0.717) is 5.88 Å². The highest BCUT2D eigenvalue weighted by atomic mass is 35.5. The Morgan fingerprint density at radius 3 is 2.60 bits per heavy atom. The Balaban J connectivity index is 3.28. The second kappa shape index (κ2) is 5.75. The molecular formula is C8H15ClO. The fourth-order valence-electron chi connectivity index (χ4n) is 0.642. The van der Waals surface area contributed by atoms with Crippen molar-refractivity contribution < 1.29 is 5.11 Å². The number of aliphatic hydroxyl groups excluding tert-OH is 1. The van der Waals surface area contributed by atoms with E-state index in [-0.39, 0.29) is 6.10 Å². The van der Waals surface area contributed by atoms with Gasteiger partial charge < -0.3 is 5.11 Å². The fraction of sp³-hybridized carbons (Fsp3) is 0.750. The second-order valence-electron chi connectivity index (χ2n) is 2.67. The van der Waals surface area contributed by atoms with Crippen molar-refractivity contribution in [2.24, 2.45) is 0 Å². The lowest BCUT2D eigenvalue weighted by Crippen LogP contribution is -2.06. The van der Waals surface area contributed by atoms with Crippen molar-refractivity contribution in [3.05, 3.63) is 11.6 Å². The smallest absolute Gasteiger partial charge is 0.0678 e. The van der Waals surface area contributed by atoms with E-state index in [1.165, 1.54) is 5.57 Å². The molecule has 0 heterocycles. The molecule has 0 saturated heterocycles. The lowest BCUT2D eigenvalue weighted by molar-refractivity contribution is 0.189. The summed E-state index contributed by atoms with van der Waals surface area (Å²) in [6, 6.07) is 0. The number of alkyl halides is 1. The SMILES string of the molecule is CC(C)=CCCC(O)CCl. The minimum absolute atomic E-state index is 0.336. The van der Waals surface area contributed by atoms with E-state index >= 15 is 0 Å². The van der Waals surface area contributed by atoms with Crippen molar-refractivity contribution in [1.82, 2.24) is 0 Å². The summed E-state index contributed by atoms with van der Waals surface area (Å²) >= 11 is 5.40. The van der Waals surface area contributed by atoms with Gasteiger partial charge in [-0.3, -0.25) is 0 Å². The van der Waals surface area contributed by atoms with E-state index in [1.807, 2.05) is 13.8 Å². The first kappa shape index (κ1) is 9.99. The van der Waals surface area contributed by atoms with Crippen molar-refractivity contribution in [2.75, 3.05) is 5.88 Å². The van der Waals surface area contributed by atoms with Crippen LogP contribution in [-0.2, 0) is 0 Å². The normalized spacial score (nSPS) is 12.8. The molecule has 0 radical (unpaired) electrons. The molecule has 1 atom stereocenters. The summed E-state index contributed by atoms with van der Waals surface area (Å²) in [6.45, 7) is 4.10. The van der Waals surface area contributed by atoms with Gasteiger partial charge in [0.2, 0.25) is 0 Å². The van der Waals surface area contributed by atoms with Gasteiger partial charge in [-0.1, -0.05) is 11.6 Å². The predicted molar refractivity (Wildman–Crippen MR) is 45.4 cm³/mol. The average Bonchev–Trinajstić information content (AvgIpc) is 1.87. The zero-order valence-corrected chi connectivity index (χ0v) is 7.36. The third kappa shape index (κ3) is 6.12. The molecule has 0 aromatic heterocycles. The van der Waals surface area contributed by atoms with Crippen LogP contribution in [0.25, 0.3) is 0 Å². The standard InChI is InChI=1S/C8H15ClO/c1-7(2)4-3-5-8(10)6-9/h4,8,10H,3,5-6H2,1-2H3. The number of halogens is 1. The minimum atomic E-state index is -0.336. The molecule has 1 nitrogen and oxygen atoms in total. The molecule has 0 aromatic carbocycles. The van der Waals surface area contributed by atoms with Gasteiger partial charge in [-0.05, 0) is 26.7 Å². The molecule has 0 rings (SSSR count). The Morgan fingerprint density at radius 2 is 2.20 bits per heavy atom. The summed E-state index contributed by atoms with van der Waals surface area (Å²) < 4.78 is 0. The van der Waals surface area contributed by atoms with Crippen molar-refractivity contribution in [3.63, 3.8) is 0 Å². The van der Waals surface area contributed by atoms with Crippen LogP contribution < -0.4 is 0 Å². The Morgan fingerprint density at radius 1 is 1.60 bits per heavy atom. The van der Waals surface area contributed by atoms with Crippen molar-refractivity contribution >= 4 is 11.6 Å². The summed E-state index contributed by atoms with van der Waals surface area (Å²) in [7, 11) is 0. The highest BCUT2D eigenvalue weighted by Crippen LogP contribution is 2.02. The molecule has 10 heavy (non-hydrogen) atoms. The van der Waals surface area contributed by atoms with Crippen LogP contribution in [0, 0.1) is 0 Å². The molecule has 0 spiro atoms. The van der Waals surface area contributed by atoms with Crippen LogP contribution in [0.1, 0.15) is 26.7 Å². The quantitative estimate of drug-likeness (QED) is 0.497. The molecule has 0 aliphatic carbocycles. The molecule has 0 saturated carbocycles. The van der Waals surface area contributed by atoms with Gasteiger partial charge in [0.05, 0.1) is 6.10 Å². The Kier molecular flexibility index (Phi) is 5.74. The molecule has 0 fully saturated rings. The Bertz CT molecular complexity index is 106. The molecule has 0 amide bonds. The van der Waals surface area contributed by atoms with Gasteiger partial charge in [0, 0.05) is 5.88 Å². The molecule has 0 aromatic rings. The second-order valence-corrected chi connectivity index (χ2v) is 2.98. The Hall–Kier alpha value is -0.0100. The highest BCUT2D eigenvalue weighted by molar-refractivity contribution is 6.18. The summed E-state index contributed by atoms with van der Waals surface area (Å²) in [6.07, 6.45) is 3.47. The fourth-order valence-corrected chi connectivity index (χ4v) is 0.796. The van der Waals surface area contributed by atoms with Gasteiger partial charge in [0.1, 0.15) is 0 Å². The number of hydrogen-bond donors (Lipinski definition) is 1. The largest absolute Gasteiger partial charge is 0.392 e. The monoisotopic (exact) mass is 162 g/mol. The van der Waals surface area contributed by atoms with Gasteiger partial charge in [-0.25, -0.2) is 0 Å². The van der Waals surface area contributed by atoms with Crippen LogP contribution in [0.3, 0.4) is 0 Å². The molecule has 1 unspecified atom stereocenters. The number of allylic oxidation sites excluding steroid dienone is 2. The van der Waals surface area contributed by atoms with Crippen LogP contribution in [0.2, 0.25) is 0 Å². The molecule has 60 valence electrons. The van der Waals surface area contributed by atoms with E-state index in [2.05, 4.69) is 6.08 Å². The maximum atomic E-state index is 9.01. The van der Waals surface area contributed by atoms with E-state index in [0.717, 1.165) is 12.8 Å². The van der Waals surface area contributed by atoms with E-state index in [1.54, 1.807) is 0 Å². The Labute approximate surface area is 67.7 Å². The van der Waals surface area contributed by atoms with Crippen LogP contribution in [0.4, 0.5) is 0 Å². The molecule has 0 bridgehead atoms. The zero-order valence-electron chi connectivity index (χ0n) is 6.60. The van der Waals surface area contributed by atoms with E-state index in [9.17, 15) is 0 Å². The maximum absolute atomic E-state index is 9.01. The van der Waals surface area contributed by atoms with Crippen LogP contribution in [0.5, 0.6) is 0 Å². The summed E-state index contributed by atoms with van der Waals surface area (Å²) in [5.41, 5.74) is 1.29. The molecular weight excluding hydrogens is 148 g/mol. The van der Waals surface area contributed by atoms with Crippen LogP contribution in [-0.4, -0.2) is 17.1 Å². The molecule has 1 N–H and O–H groups in total. The van der Waals surface area contributed by atoms with Crippen molar-refractivity contribution in [2.45, 2.75) is 32.8 Å². The third-order valence-electron chi connectivity index (χ3n) is 1.23. The number of hydrogen-bond acceptors (Lipinski definition) is 1. The lowest BCUT2D eigenvalue weighted by Gasteiger charge is -2.02.